The van der Waals surface area contributed by atoms with E-state index in [-0.39, 0.29) is 0 Å². The second-order valence-electron chi connectivity index (χ2n) is 3.90. The van der Waals surface area contributed by atoms with Crippen LogP contribution < -0.4 is 0 Å². The van der Waals surface area contributed by atoms with Gasteiger partial charge in [0.1, 0.15) is 17.8 Å². The summed E-state index contributed by atoms with van der Waals surface area (Å²) in [6.45, 7) is 1.94. The summed E-state index contributed by atoms with van der Waals surface area (Å²) >= 11 is 3.40. The van der Waals surface area contributed by atoms with Crippen molar-refractivity contribution in [3.63, 3.8) is 0 Å². The van der Waals surface area contributed by atoms with Crippen LogP contribution in [0, 0.1) is 0 Å². The molecule has 0 aliphatic heterocycles. The predicted octanol–water partition coefficient (Wildman–Crippen LogP) is 4.70. The summed E-state index contributed by atoms with van der Waals surface area (Å²) in [6, 6.07) is 11.7. The van der Waals surface area contributed by atoms with Gasteiger partial charge in [0.2, 0.25) is 0 Å². The topological polar surface area (TPSA) is 30.2 Å². The minimum atomic E-state index is 0.705. The van der Waals surface area contributed by atoms with Crippen LogP contribution in [-0.2, 0) is 4.79 Å². The second-order valence-corrected chi connectivity index (χ2v) is 4.82. The van der Waals surface area contributed by atoms with Crippen LogP contribution in [0.4, 0.5) is 0 Å². The van der Waals surface area contributed by atoms with Gasteiger partial charge in [0.25, 0.3) is 0 Å². The van der Waals surface area contributed by atoms with Crippen molar-refractivity contribution < 1.29 is 9.21 Å². The lowest BCUT2D eigenvalue weighted by Gasteiger charge is -1.97. The summed E-state index contributed by atoms with van der Waals surface area (Å²) in [5.74, 6) is 1.51. The number of furan rings is 1. The van der Waals surface area contributed by atoms with E-state index in [0.717, 1.165) is 27.7 Å². The fourth-order valence-electron chi connectivity index (χ4n) is 1.60. The summed E-state index contributed by atoms with van der Waals surface area (Å²) in [4.78, 5) is 10.7. The predicted molar refractivity (Wildman–Crippen MR) is 76.2 cm³/mol. The van der Waals surface area contributed by atoms with Crippen LogP contribution in [-0.4, -0.2) is 6.29 Å². The highest BCUT2D eigenvalue weighted by Gasteiger charge is 2.03. The fraction of sp³-hybridized carbons (Fsp3) is 0.133. The molecule has 0 aliphatic carbocycles. The number of aldehydes is 1. The summed E-state index contributed by atoms with van der Waals surface area (Å²) in [5, 5.41) is 0. The van der Waals surface area contributed by atoms with Crippen molar-refractivity contribution in [3.05, 3.63) is 52.2 Å². The normalized spacial score (nSPS) is 11.6. The van der Waals surface area contributed by atoms with E-state index >= 15 is 0 Å². The van der Waals surface area contributed by atoms with E-state index in [1.54, 1.807) is 6.08 Å². The van der Waals surface area contributed by atoms with Gasteiger partial charge >= 0.3 is 0 Å². The molecule has 0 N–H and O–H groups in total. The first-order valence-corrected chi connectivity index (χ1v) is 6.53. The molecule has 0 aliphatic rings. The molecule has 2 nitrogen and oxygen atoms in total. The Kier molecular flexibility index (Phi) is 4.15. The molecule has 0 fully saturated rings. The quantitative estimate of drug-likeness (QED) is 0.605. The Labute approximate surface area is 114 Å². The number of hydrogen-bond donors (Lipinski definition) is 0. The molecule has 0 saturated carbocycles. The highest BCUT2D eigenvalue weighted by molar-refractivity contribution is 9.10. The standard InChI is InChI=1S/C15H13BrO2/c1-2-11(10-17)9-14-7-8-15(18-14)12-3-5-13(16)6-4-12/h3-10H,2H2,1H3. The van der Waals surface area contributed by atoms with Crippen LogP contribution in [0.3, 0.4) is 0 Å². The third-order valence-electron chi connectivity index (χ3n) is 2.64. The van der Waals surface area contributed by atoms with E-state index in [4.69, 9.17) is 4.42 Å². The number of hydrogen-bond acceptors (Lipinski definition) is 2. The minimum Gasteiger partial charge on any atom is -0.457 e. The number of benzene rings is 1. The van der Waals surface area contributed by atoms with Crippen LogP contribution in [0.15, 0.2) is 50.9 Å². The van der Waals surface area contributed by atoms with Crippen molar-refractivity contribution in [1.29, 1.82) is 0 Å². The molecule has 1 aromatic heterocycles. The molecule has 0 spiro atoms. The first-order chi connectivity index (χ1) is 8.72. The Morgan fingerprint density at radius 1 is 1.22 bits per heavy atom. The van der Waals surface area contributed by atoms with Crippen LogP contribution in [0.5, 0.6) is 0 Å². The monoisotopic (exact) mass is 304 g/mol. The number of rotatable bonds is 4. The summed E-state index contributed by atoms with van der Waals surface area (Å²) in [7, 11) is 0. The highest BCUT2D eigenvalue weighted by atomic mass is 79.9. The Morgan fingerprint density at radius 3 is 2.56 bits per heavy atom. The molecular weight excluding hydrogens is 292 g/mol. The molecule has 92 valence electrons. The van der Waals surface area contributed by atoms with E-state index in [9.17, 15) is 4.79 Å². The van der Waals surface area contributed by atoms with Gasteiger partial charge in [-0.2, -0.15) is 0 Å². The van der Waals surface area contributed by atoms with Gasteiger partial charge in [-0.25, -0.2) is 0 Å². The molecule has 18 heavy (non-hydrogen) atoms. The molecule has 0 atom stereocenters. The zero-order valence-electron chi connectivity index (χ0n) is 10.0. The number of carbonyl (C=O) groups excluding carboxylic acids is 1. The second kappa shape index (κ2) is 5.83. The van der Waals surface area contributed by atoms with E-state index < -0.39 is 0 Å². The Balaban J connectivity index is 2.28. The van der Waals surface area contributed by atoms with Crippen LogP contribution in [0.25, 0.3) is 17.4 Å². The molecule has 0 bridgehead atoms. The van der Waals surface area contributed by atoms with Crippen molar-refractivity contribution in [2.24, 2.45) is 0 Å². The molecule has 2 rings (SSSR count). The van der Waals surface area contributed by atoms with Gasteiger partial charge in [0.15, 0.2) is 0 Å². The average molecular weight is 305 g/mol. The minimum absolute atomic E-state index is 0.705. The smallest absolute Gasteiger partial charge is 0.146 e. The van der Waals surface area contributed by atoms with Gasteiger partial charge in [-0.05, 0) is 42.3 Å². The van der Waals surface area contributed by atoms with Gasteiger partial charge in [0, 0.05) is 10.0 Å². The Morgan fingerprint density at radius 2 is 1.94 bits per heavy atom. The average Bonchev–Trinajstić information content (AvgIpc) is 2.85. The largest absolute Gasteiger partial charge is 0.457 e. The van der Waals surface area contributed by atoms with Gasteiger partial charge < -0.3 is 4.42 Å². The first kappa shape index (κ1) is 12.8. The molecular formula is C15H13BrO2. The Hall–Kier alpha value is -1.61. The maximum atomic E-state index is 10.7. The molecule has 0 saturated heterocycles. The number of allylic oxidation sites excluding steroid dienone is 1. The van der Waals surface area contributed by atoms with Crippen LogP contribution in [0.1, 0.15) is 19.1 Å². The highest BCUT2D eigenvalue weighted by Crippen LogP contribution is 2.25. The molecule has 1 aromatic carbocycles. The maximum Gasteiger partial charge on any atom is 0.146 e. The maximum absolute atomic E-state index is 10.7. The summed E-state index contributed by atoms with van der Waals surface area (Å²) < 4.78 is 6.73. The fourth-order valence-corrected chi connectivity index (χ4v) is 1.87. The molecule has 0 unspecified atom stereocenters. The molecule has 2 aromatic rings. The Bertz CT molecular complexity index is 564. The van der Waals surface area contributed by atoms with Crippen molar-refractivity contribution >= 4 is 28.3 Å². The SMILES string of the molecule is CCC(C=O)=Cc1ccc(-c2ccc(Br)cc2)o1. The van der Waals surface area contributed by atoms with E-state index in [1.165, 1.54) is 0 Å². The number of halogens is 1. The third kappa shape index (κ3) is 2.99. The van der Waals surface area contributed by atoms with E-state index in [0.29, 0.717) is 12.2 Å². The molecule has 0 amide bonds. The zero-order chi connectivity index (χ0) is 13.0. The van der Waals surface area contributed by atoms with E-state index in [1.807, 2.05) is 43.3 Å². The first-order valence-electron chi connectivity index (χ1n) is 5.74. The lowest BCUT2D eigenvalue weighted by molar-refractivity contribution is -0.104. The molecule has 0 radical (unpaired) electrons. The van der Waals surface area contributed by atoms with Crippen molar-refractivity contribution in [1.82, 2.24) is 0 Å². The van der Waals surface area contributed by atoms with Crippen LogP contribution in [0.2, 0.25) is 0 Å². The van der Waals surface area contributed by atoms with Crippen molar-refractivity contribution in [3.8, 4) is 11.3 Å². The van der Waals surface area contributed by atoms with Gasteiger partial charge in [-0.1, -0.05) is 35.0 Å². The van der Waals surface area contributed by atoms with Crippen molar-refractivity contribution in [2.45, 2.75) is 13.3 Å². The van der Waals surface area contributed by atoms with Gasteiger partial charge in [-0.3, -0.25) is 4.79 Å². The third-order valence-corrected chi connectivity index (χ3v) is 3.17. The van der Waals surface area contributed by atoms with Gasteiger partial charge in [-0.15, -0.1) is 0 Å². The lowest BCUT2D eigenvalue weighted by atomic mass is 10.2. The summed E-state index contributed by atoms with van der Waals surface area (Å²) in [5.41, 5.74) is 1.74. The molecule has 3 heteroatoms. The molecule has 1 heterocycles. The zero-order valence-corrected chi connectivity index (χ0v) is 11.6. The van der Waals surface area contributed by atoms with E-state index in [2.05, 4.69) is 15.9 Å². The van der Waals surface area contributed by atoms with Gasteiger partial charge in [0.05, 0.1) is 0 Å². The number of carbonyl (C=O) groups is 1. The van der Waals surface area contributed by atoms with Crippen molar-refractivity contribution in [2.75, 3.05) is 0 Å². The lowest BCUT2D eigenvalue weighted by Crippen LogP contribution is -1.80. The summed E-state index contributed by atoms with van der Waals surface area (Å²) in [6.07, 6.45) is 3.34. The van der Waals surface area contributed by atoms with Crippen LogP contribution >= 0.6 is 15.9 Å².